The number of ether oxygens (including phenoxy) is 1. The van der Waals surface area contributed by atoms with Gasteiger partial charge in [0, 0.05) is 44.1 Å². The first-order chi connectivity index (χ1) is 16.8. The molecule has 3 aromatic heterocycles. The summed E-state index contributed by atoms with van der Waals surface area (Å²) in [5.74, 6) is -0.579. The Kier molecular flexibility index (Phi) is 6.53. The SMILES string of the molecule is Cn1ccc(S(=O)(=O)Nc2cccc(-c3nc(C4CCOCC4)sc3-c3ccnc(Cl)n3)c2F)n1. The number of hydrogen-bond acceptors (Lipinski definition) is 8. The van der Waals surface area contributed by atoms with Gasteiger partial charge in [-0.2, -0.15) is 13.5 Å². The molecule has 4 aromatic rings. The number of aromatic nitrogens is 5. The molecule has 0 unspecified atom stereocenters. The highest BCUT2D eigenvalue weighted by molar-refractivity contribution is 7.92. The van der Waals surface area contributed by atoms with Gasteiger partial charge in [-0.05, 0) is 48.7 Å². The highest BCUT2D eigenvalue weighted by Crippen LogP contribution is 2.42. The van der Waals surface area contributed by atoms with Gasteiger partial charge in [0.1, 0.15) is 0 Å². The van der Waals surface area contributed by atoms with Crippen molar-refractivity contribution < 1.29 is 17.5 Å². The zero-order valence-corrected chi connectivity index (χ0v) is 20.9. The Bertz CT molecular complexity index is 1480. The standard InChI is InChI=1S/C22H20ClFN6O3S2/c1-30-10-6-17(28-30)35(31,32)29-15-4-2-3-14(18(15)24)19-20(16-5-9-25-22(23)26-16)34-21(27-19)13-7-11-33-12-8-13/h2-6,9-10,13,29H,7-8,11-12H2,1H3. The van der Waals surface area contributed by atoms with Crippen LogP contribution < -0.4 is 4.72 Å². The number of nitrogens with one attached hydrogen (secondary N) is 1. The van der Waals surface area contributed by atoms with E-state index in [0.717, 1.165) is 17.8 Å². The molecule has 5 rings (SSSR count). The van der Waals surface area contributed by atoms with Crippen LogP contribution in [0.15, 0.2) is 47.8 Å². The zero-order valence-electron chi connectivity index (χ0n) is 18.5. The molecule has 0 radical (unpaired) electrons. The van der Waals surface area contributed by atoms with Gasteiger partial charge in [-0.1, -0.05) is 6.07 Å². The molecule has 0 spiro atoms. The van der Waals surface area contributed by atoms with Crippen molar-refractivity contribution in [3.05, 3.63) is 58.8 Å². The third-order valence-corrected chi connectivity index (χ3v) is 8.22. The summed E-state index contributed by atoms with van der Waals surface area (Å²) < 4.78 is 50.4. The Morgan fingerprint density at radius 3 is 2.71 bits per heavy atom. The maximum absolute atomic E-state index is 15.8. The van der Waals surface area contributed by atoms with Gasteiger partial charge in [0.2, 0.25) is 5.28 Å². The highest BCUT2D eigenvalue weighted by atomic mass is 35.5. The van der Waals surface area contributed by atoms with E-state index in [2.05, 4.69) is 19.8 Å². The van der Waals surface area contributed by atoms with Crippen molar-refractivity contribution in [2.75, 3.05) is 17.9 Å². The lowest BCUT2D eigenvalue weighted by Crippen LogP contribution is -2.15. The second-order valence-electron chi connectivity index (χ2n) is 7.93. The van der Waals surface area contributed by atoms with Gasteiger partial charge in [-0.15, -0.1) is 11.3 Å². The summed E-state index contributed by atoms with van der Waals surface area (Å²) in [6, 6.07) is 7.50. The number of aryl methyl sites for hydroxylation is 1. The number of rotatable bonds is 6. The summed E-state index contributed by atoms with van der Waals surface area (Å²) in [4.78, 5) is 13.6. The Morgan fingerprint density at radius 2 is 2.00 bits per heavy atom. The average molecular weight is 535 g/mol. The minimum Gasteiger partial charge on any atom is -0.381 e. The number of nitrogens with zero attached hydrogens (tertiary/aromatic N) is 5. The third kappa shape index (κ3) is 4.92. The second-order valence-corrected chi connectivity index (χ2v) is 10.9. The molecule has 182 valence electrons. The molecule has 0 atom stereocenters. The van der Waals surface area contributed by atoms with Crippen LogP contribution in [0.2, 0.25) is 5.28 Å². The fourth-order valence-corrected chi connectivity index (χ4v) is 6.20. The predicted octanol–water partition coefficient (Wildman–Crippen LogP) is 4.49. The normalized spacial score (nSPS) is 14.8. The Balaban J connectivity index is 1.59. The van der Waals surface area contributed by atoms with E-state index >= 15 is 4.39 Å². The zero-order chi connectivity index (χ0) is 24.6. The fourth-order valence-electron chi connectivity index (χ4n) is 3.80. The molecule has 1 saturated heterocycles. The van der Waals surface area contributed by atoms with E-state index in [1.165, 1.54) is 40.5 Å². The molecular formula is C22H20ClFN6O3S2. The van der Waals surface area contributed by atoms with E-state index in [-0.39, 0.29) is 27.5 Å². The molecule has 0 bridgehead atoms. The summed E-state index contributed by atoms with van der Waals surface area (Å²) in [6.07, 6.45) is 4.64. The maximum atomic E-state index is 15.8. The van der Waals surface area contributed by atoms with Gasteiger partial charge < -0.3 is 4.74 Å². The molecule has 35 heavy (non-hydrogen) atoms. The first kappa shape index (κ1) is 23.8. The average Bonchev–Trinajstić information content (AvgIpc) is 3.48. The van der Waals surface area contributed by atoms with Crippen LogP contribution in [0.3, 0.4) is 0 Å². The van der Waals surface area contributed by atoms with Crippen LogP contribution in [0.5, 0.6) is 0 Å². The van der Waals surface area contributed by atoms with Crippen LogP contribution in [0, 0.1) is 5.82 Å². The van der Waals surface area contributed by atoms with Crippen molar-refractivity contribution in [3.8, 4) is 21.8 Å². The molecule has 1 fully saturated rings. The molecule has 0 aliphatic carbocycles. The fraction of sp³-hybridized carbons (Fsp3) is 0.273. The molecule has 1 N–H and O–H groups in total. The molecule has 13 heteroatoms. The minimum absolute atomic E-state index is 0.0619. The van der Waals surface area contributed by atoms with Crippen LogP contribution in [0.25, 0.3) is 21.8 Å². The van der Waals surface area contributed by atoms with Crippen molar-refractivity contribution in [3.63, 3.8) is 0 Å². The monoisotopic (exact) mass is 534 g/mol. The predicted molar refractivity (Wildman–Crippen MR) is 130 cm³/mol. The van der Waals surface area contributed by atoms with E-state index in [0.29, 0.717) is 29.5 Å². The molecular weight excluding hydrogens is 515 g/mol. The van der Waals surface area contributed by atoms with Crippen LogP contribution in [0.4, 0.5) is 10.1 Å². The van der Waals surface area contributed by atoms with Crippen molar-refractivity contribution in [2.24, 2.45) is 7.05 Å². The summed E-state index contributed by atoms with van der Waals surface area (Å²) in [5.41, 5.74) is 0.809. The Hall–Kier alpha value is -2.93. The van der Waals surface area contributed by atoms with Crippen molar-refractivity contribution in [1.82, 2.24) is 24.7 Å². The van der Waals surface area contributed by atoms with Crippen LogP contribution in [-0.2, 0) is 21.8 Å². The molecule has 1 aliphatic heterocycles. The smallest absolute Gasteiger partial charge is 0.281 e. The summed E-state index contributed by atoms with van der Waals surface area (Å²) in [7, 11) is -2.49. The third-order valence-electron chi connectivity index (χ3n) is 5.54. The molecule has 1 aromatic carbocycles. The number of hydrogen-bond donors (Lipinski definition) is 1. The summed E-state index contributed by atoms with van der Waals surface area (Å²) >= 11 is 7.44. The van der Waals surface area contributed by atoms with Gasteiger partial charge in [0.05, 0.1) is 27.0 Å². The second kappa shape index (κ2) is 9.61. The molecule has 4 heterocycles. The van der Waals surface area contributed by atoms with E-state index in [4.69, 9.17) is 21.3 Å². The van der Waals surface area contributed by atoms with E-state index in [9.17, 15) is 8.42 Å². The highest BCUT2D eigenvalue weighted by Gasteiger charge is 2.27. The first-order valence-electron chi connectivity index (χ1n) is 10.7. The van der Waals surface area contributed by atoms with E-state index in [1.807, 2.05) is 0 Å². The van der Waals surface area contributed by atoms with Crippen LogP contribution in [-0.4, -0.2) is 46.4 Å². The van der Waals surface area contributed by atoms with Gasteiger partial charge in [0.15, 0.2) is 10.8 Å². The largest absolute Gasteiger partial charge is 0.381 e. The molecule has 9 nitrogen and oxygen atoms in total. The van der Waals surface area contributed by atoms with Crippen molar-refractivity contribution in [2.45, 2.75) is 23.8 Å². The van der Waals surface area contributed by atoms with E-state index in [1.54, 1.807) is 25.2 Å². The Morgan fingerprint density at radius 1 is 1.20 bits per heavy atom. The number of halogens is 2. The lowest BCUT2D eigenvalue weighted by molar-refractivity contribution is 0.0853. The van der Waals surface area contributed by atoms with Gasteiger partial charge in [-0.3, -0.25) is 9.40 Å². The molecule has 1 aliphatic rings. The number of benzene rings is 1. The topological polar surface area (TPSA) is 112 Å². The minimum atomic E-state index is -4.09. The van der Waals surface area contributed by atoms with Gasteiger partial charge in [-0.25, -0.2) is 19.3 Å². The molecule has 0 amide bonds. The summed E-state index contributed by atoms with van der Waals surface area (Å²) in [6.45, 7) is 1.26. The van der Waals surface area contributed by atoms with Gasteiger partial charge in [0.25, 0.3) is 10.0 Å². The quantitative estimate of drug-likeness (QED) is 0.363. The van der Waals surface area contributed by atoms with Gasteiger partial charge >= 0.3 is 0 Å². The van der Waals surface area contributed by atoms with Crippen LogP contribution >= 0.6 is 22.9 Å². The summed E-state index contributed by atoms with van der Waals surface area (Å²) in [5, 5.41) is 4.59. The molecule has 0 saturated carbocycles. The first-order valence-corrected chi connectivity index (χ1v) is 13.4. The number of thiazole rings is 1. The number of anilines is 1. The maximum Gasteiger partial charge on any atom is 0.281 e. The van der Waals surface area contributed by atoms with Crippen molar-refractivity contribution in [1.29, 1.82) is 0 Å². The number of sulfonamides is 1. The lowest BCUT2D eigenvalue weighted by Gasteiger charge is -2.19. The van der Waals surface area contributed by atoms with E-state index < -0.39 is 15.8 Å². The lowest BCUT2D eigenvalue weighted by atomic mass is 10.0. The Labute approximate surface area is 210 Å². The van der Waals surface area contributed by atoms with Crippen LogP contribution in [0.1, 0.15) is 23.8 Å². The van der Waals surface area contributed by atoms with Crippen molar-refractivity contribution >= 4 is 38.6 Å².